The maximum atomic E-state index is 11.6. The topological polar surface area (TPSA) is 55.4 Å². The lowest BCUT2D eigenvalue weighted by Crippen LogP contribution is -2.31. The standard InChI is InChI=1S/C7H6F3NO3S/c8-7(9,10)14-11-15(12,13)6-4-2-1-3-5-6/h1-5,11H. The van der Waals surface area contributed by atoms with Gasteiger partial charge < -0.3 is 0 Å². The van der Waals surface area contributed by atoms with Crippen LogP contribution in [0.3, 0.4) is 0 Å². The Kier molecular flexibility index (Phi) is 3.32. The lowest BCUT2D eigenvalue weighted by atomic mass is 10.4. The fraction of sp³-hybridized carbons (Fsp3) is 0.143. The van der Waals surface area contributed by atoms with Gasteiger partial charge in [0, 0.05) is 0 Å². The van der Waals surface area contributed by atoms with Crippen LogP contribution in [0.15, 0.2) is 35.2 Å². The molecule has 0 aromatic heterocycles. The molecule has 0 saturated heterocycles. The van der Waals surface area contributed by atoms with Gasteiger partial charge in [0.2, 0.25) is 0 Å². The molecule has 1 aromatic carbocycles. The first kappa shape index (κ1) is 12.0. The van der Waals surface area contributed by atoms with Crippen molar-refractivity contribution in [3.63, 3.8) is 0 Å². The molecule has 8 heteroatoms. The van der Waals surface area contributed by atoms with Crippen molar-refractivity contribution in [3.05, 3.63) is 30.3 Å². The van der Waals surface area contributed by atoms with Crippen LogP contribution < -0.4 is 4.89 Å². The van der Waals surface area contributed by atoms with Crippen molar-refractivity contribution in [2.24, 2.45) is 0 Å². The molecule has 1 rings (SSSR count). The summed E-state index contributed by atoms with van der Waals surface area (Å²) in [6, 6.07) is 6.57. The Labute approximate surface area is 83.7 Å². The number of sulfonamides is 1. The van der Waals surface area contributed by atoms with Gasteiger partial charge in [-0.15, -0.1) is 13.2 Å². The lowest BCUT2D eigenvalue weighted by Gasteiger charge is -2.08. The zero-order valence-corrected chi connectivity index (χ0v) is 7.97. The van der Waals surface area contributed by atoms with Crippen LogP contribution in [0, 0.1) is 0 Å². The molecule has 84 valence electrons. The third kappa shape index (κ3) is 3.86. The molecule has 0 unspecified atom stereocenters. The number of hydrogen-bond acceptors (Lipinski definition) is 3. The molecule has 1 N–H and O–H groups in total. The normalized spacial score (nSPS) is 12.7. The van der Waals surface area contributed by atoms with Crippen molar-refractivity contribution >= 4 is 10.0 Å². The minimum Gasteiger partial charge on any atom is -0.205 e. The molecule has 0 aliphatic heterocycles. The van der Waals surface area contributed by atoms with E-state index in [9.17, 15) is 21.6 Å². The molecule has 0 heterocycles. The second-order valence-electron chi connectivity index (χ2n) is 2.45. The number of rotatable bonds is 3. The molecule has 15 heavy (non-hydrogen) atoms. The molecule has 0 spiro atoms. The SMILES string of the molecule is O=S(=O)(NOC(F)(F)F)c1ccccc1. The van der Waals surface area contributed by atoms with Crippen molar-refractivity contribution in [3.8, 4) is 0 Å². The van der Waals surface area contributed by atoms with Gasteiger partial charge in [-0.25, -0.2) is 8.42 Å². The number of halogens is 3. The summed E-state index contributed by atoms with van der Waals surface area (Å²) in [6.07, 6.45) is -5.05. The van der Waals surface area contributed by atoms with E-state index in [1.807, 2.05) is 0 Å². The van der Waals surface area contributed by atoms with Crippen molar-refractivity contribution in [1.29, 1.82) is 0 Å². The molecule has 4 nitrogen and oxygen atoms in total. The average Bonchev–Trinajstić information content (AvgIpc) is 2.16. The van der Waals surface area contributed by atoms with Crippen LogP contribution in [0.5, 0.6) is 0 Å². The number of alkyl halides is 3. The summed E-state index contributed by atoms with van der Waals surface area (Å²) in [6.45, 7) is 0. The summed E-state index contributed by atoms with van der Waals surface area (Å²) >= 11 is 0. The Morgan fingerprint density at radius 3 is 2.13 bits per heavy atom. The first-order valence-corrected chi connectivity index (χ1v) is 5.11. The van der Waals surface area contributed by atoms with Crippen molar-refractivity contribution < 1.29 is 26.4 Å². The summed E-state index contributed by atoms with van der Waals surface area (Å²) in [4.78, 5) is 3.66. The van der Waals surface area contributed by atoms with Gasteiger partial charge >= 0.3 is 6.36 Å². The van der Waals surface area contributed by atoms with Crippen molar-refractivity contribution in [1.82, 2.24) is 4.89 Å². The molecule has 1 aromatic rings. The van der Waals surface area contributed by atoms with E-state index >= 15 is 0 Å². The Bertz CT molecular complexity index is 415. The van der Waals surface area contributed by atoms with Crippen LogP contribution in [-0.2, 0) is 14.9 Å². The van der Waals surface area contributed by atoms with E-state index in [0.717, 1.165) is 17.0 Å². The third-order valence-corrected chi connectivity index (χ3v) is 2.52. The van der Waals surface area contributed by atoms with Crippen LogP contribution in [0.1, 0.15) is 0 Å². The fourth-order valence-corrected chi connectivity index (χ4v) is 1.57. The number of nitrogens with one attached hydrogen (secondary N) is 1. The molecule has 0 atom stereocenters. The van der Waals surface area contributed by atoms with E-state index in [4.69, 9.17) is 0 Å². The molecule has 0 aliphatic carbocycles. The predicted octanol–water partition coefficient (Wildman–Crippen LogP) is 1.42. The van der Waals surface area contributed by atoms with E-state index < -0.39 is 16.4 Å². The lowest BCUT2D eigenvalue weighted by molar-refractivity contribution is -0.338. The maximum Gasteiger partial charge on any atom is 0.539 e. The van der Waals surface area contributed by atoms with Crippen molar-refractivity contribution in [2.45, 2.75) is 11.3 Å². The average molecular weight is 241 g/mol. The number of hydrogen-bond donors (Lipinski definition) is 1. The van der Waals surface area contributed by atoms with E-state index in [0.29, 0.717) is 0 Å². The quantitative estimate of drug-likeness (QED) is 0.814. The monoisotopic (exact) mass is 241 g/mol. The van der Waals surface area contributed by atoms with Gasteiger partial charge in [-0.3, -0.25) is 0 Å². The van der Waals surface area contributed by atoms with E-state index in [-0.39, 0.29) is 4.90 Å². The van der Waals surface area contributed by atoms with Crippen LogP contribution in [0.25, 0.3) is 0 Å². The van der Waals surface area contributed by atoms with Crippen LogP contribution in [-0.4, -0.2) is 14.8 Å². The van der Waals surface area contributed by atoms with Crippen molar-refractivity contribution in [2.75, 3.05) is 0 Å². The fourth-order valence-electron chi connectivity index (χ4n) is 0.750. The molecular formula is C7H6F3NO3S. The Morgan fingerprint density at radius 1 is 1.13 bits per heavy atom. The van der Waals surface area contributed by atoms with Gasteiger partial charge in [-0.1, -0.05) is 23.1 Å². The van der Waals surface area contributed by atoms with Gasteiger partial charge in [0.15, 0.2) is 0 Å². The highest BCUT2D eigenvalue weighted by Gasteiger charge is 2.32. The first-order chi connectivity index (χ1) is 6.81. The van der Waals surface area contributed by atoms with E-state index in [2.05, 4.69) is 4.84 Å². The summed E-state index contributed by atoms with van der Waals surface area (Å²) < 4.78 is 56.9. The second kappa shape index (κ2) is 4.17. The molecule has 0 aliphatic rings. The molecular weight excluding hydrogens is 235 g/mol. The zero-order chi connectivity index (χ0) is 11.5. The summed E-state index contributed by atoms with van der Waals surface area (Å²) in [5.74, 6) is 0. The Morgan fingerprint density at radius 2 is 1.67 bits per heavy atom. The molecule has 0 bridgehead atoms. The second-order valence-corrected chi connectivity index (χ2v) is 4.09. The van der Waals surface area contributed by atoms with Crippen LogP contribution in [0.4, 0.5) is 13.2 Å². The maximum absolute atomic E-state index is 11.6. The molecule has 0 fully saturated rings. The van der Waals surface area contributed by atoms with Gasteiger partial charge in [0.25, 0.3) is 10.0 Å². The van der Waals surface area contributed by atoms with Gasteiger partial charge in [-0.2, -0.15) is 4.84 Å². The Hall–Kier alpha value is -1.12. The van der Waals surface area contributed by atoms with Gasteiger partial charge in [0.05, 0.1) is 4.90 Å². The highest BCUT2D eigenvalue weighted by atomic mass is 32.2. The first-order valence-electron chi connectivity index (χ1n) is 3.63. The van der Waals surface area contributed by atoms with Crippen LogP contribution in [0.2, 0.25) is 0 Å². The summed E-state index contributed by atoms with van der Waals surface area (Å²) in [7, 11) is -4.29. The Balaban J connectivity index is 2.78. The summed E-state index contributed by atoms with van der Waals surface area (Å²) in [5, 5.41) is 0. The zero-order valence-electron chi connectivity index (χ0n) is 7.15. The van der Waals surface area contributed by atoms with E-state index in [1.165, 1.54) is 18.2 Å². The highest BCUT2D eigenvalue weighted by molar-refractivity contribution is 7.89. The smallest absolute Gasteiger partial charge is 0.205 e. The molecule has 0 saturated carbocycles. The number of benzene rings is 1. The third-order valence-electron chi connectivity index (χ3n) is 1.32. The summed E-state index contributed by atoms with van der Waals surface area (Å²) in [5.41, 5.74) is 0. The minimum absolute atomic E-state index is 0.311. The largest absolute Gasteiger partial charge is 0.539 e. The van der Waals surface area contributed by atoms with E-state index in [1.54, 1.807) is 0 Å². The predicted molar refractivity (Wildman–Crippen MR) is 43.9 cm³/mol. The molecule has 0 amide bonds. The molecule has 0 radical (unpaired) electrons. The van der Waals surface area contributed by atoms with Gasteiger partial charge in [0.1, 0.15) is 0 Å². The minimum atomic E-state index is -5.05. The van der Waals surface area contributed by atoms with Crippen LogP contribution >= 0.6 is 0 Å². The van der Waals surface area contributed by atoms with Gasteiger partial charge in [-0.05, 0) is 12.1 Å². The highest BCUT2D eigenvalue weighted by Crippen LogP contribution is 2.16.